The zero-order valence-corrected chi connectivity index (χ0v) is 20.8. The average Bonchev–Trinajstić information content (AvgIpc) is 3.33. The summed E-state index contributed by atoms with van der Waals surface area (Å²) in [4.78, 5) is 37.1. The monoisotopic (exact) mass is 552 g/mol. The Balaban J connectivity index is 1.61. The number of carbonyl (C=O) groups is 3. The molecular formula is C28H24O12. The van der Waals surface area contributed by atoms with Crippen LogP contribution in [-0.4, -0.2) is 61.8 Å². The highest BCUT2D eigenvalue weighted by Crippen LogP contribution is 2.52. The number of carboxylic acids is 1. The van der Waals surface area contributed by atoms with Gasteiger partial charge in [0.15, 0.2) is 34.5 Å². The van der Waals surface area contributed by atoms with E-state index < -0.39 is 53.3 Å². The quantitative estimate of drug-likeness (QED) is 0.136. The van der Waals surface area contributed by atoms with Crippen LogP contribution in [0.4, 0.5) is 0 Å². The predicted octanol–water partition coefficient (Wildman–Crippen LogP) is 2.86. The molecule has 0 saturated heterocycles. The molecule has 1 heterocycles. The van der Waals surface area contributed by atoms with Gasteiger partial charge in [0.1, 0.15) is 12.0 Å². The summed E-state index contributed by atoms with van der Waals surface area (Å²) in [6.07, 6.45) is -0.798. The van der Waals surface area contributed by atoms with Crippen LogP contribution < -0.4 is 4.74 Å². The van der Waals surface area contributed by atoms with Crippen LogP contribution in [0.5, 0.6) is 34.5 Å². The maximum atomic E-state index is 12.8. The van der Waals surface area contributed by atoms with Gasteiger partial charge < -0.3 is 44.8 Å². The Kier molecular flexibility index (Phi) is 7.71. The maximum absolute atomic E-state index is 12.8. The summed E-state index contributed by atoms with van der Waals surface area (Å²) in [7, 11) is 1.15. The van der Waals surface area contributed by atoms with Crippen LogP contribution >= 0.6 is 0 Å². The summed E-state index contributed by atoms with van der Waals surface area (Å²) < 4.78 is 15.9. The number of carboxylic acid groups (broad SMARTS) is 1. The lowest BCUT2D eigenvalue weighted by Gasteiger charge is -2.18. The molecule has 1 aliphatic rings. The molecule has 3 aromatic carbocycles. The second kappa shape index (κ2) is 11.2. The van der Waals surface area contributed by atoms with Gasteiger partial charge in [0.2, 0.25) is 6.10 Å². The summed E-state index contributed by atoms with van der Waals surface area (Å²) in [6.45, 7) is 0. The van der Waals surface area contributed by atoms with E-state index in [9.17, 15) is 45.0 Å². The third-order valence-corrected chi connectivity index (χ3v) is 6.24. The minimum atomic E-state index is -1.62. The smallest absolute Gasteiger partial charge is 0.345 e. The standard InChI is InChI=1S/C28H24O12/c1-38-28(37)24-23-14(3-8-18(31)26(23)40-25(24)15-4-7-17(30)20(33)12-15)5-9-22(34)39-21(27(35)36)11-13-2-6-16(29)19(32)10-13/h2-10,12,21,24-25,29-33H,11H2,1H3,(H,35,36)/b9-5+. The third kappa shape index (κ3) is 5.55. The first-order valence-corrected chi connectivity index (χ1v) is 11.7. The number of esters is 2. The van der Waals surface area contributed by atoms with Crippen LogP contribution in [0.1, 0.15) is 34.3 Å². The van der Waals surface area contributed by atoms with Crippen molar-refractivity contribution in [2.24, 2.45) is 0 Å². The zero-order valence-electron chi connectivity index (χ0n) is 20.8. The molecule has 0 amide bonds. The number of hydrogen-bond acceptors (Lipinski definition) is 11. The average molecular weight is 552 g/mol. The van der Waals surface area contributed by atoms with E-state index in [1.807, 2.05) is 0 Å². The Bertz CT molecular complexity index is 1510. The van der Waals surface area contributed by atoms with Crippen molar-refractivity contribution in [3.05, 3.63) is 76.9 Å². The normalized spacial score (nSPS) is 16.6. The number of aromatic hydroxyl groups is 5. The van der Waals surface area contributed by atoms with Crippen LogP contribution in [0.3, 0.4) is 0 Å². The van der Waals surface area contributed by atoms with Crippen molar-refractivity contribution in [1.29, 1.82) is 0 Å². The Morgan fingerprint density at radius 3 is 2.17 bits per heavy atom. The molecule has 0 bridgehead atoms. The van der Waals surface area contributed by atoms with E-state index >= 15 is 0 Å². The van der Waals surface area contributed by atoms with E-state index in [4.69, 9.17) is 14.2 Å². The van der Waals surface area contributed by atoms with Gasteiger partial charge in [-0.05, 0) is 53.1 Å². The van der Waals surface area contributed by atoms with Crippen molar-refractivity contribution < 1.29 is 59.2 Å². The van der Waals surface area contributed by atoms with Gasteiger partial charge in [0, 0.05) is 18.1 Å². The lowest BCUT2D eigenvalue weighted by molar-refractivity contribution is -0.160. The number of hydrogen-bond donors (Lipinski definition) is 6. The second-order valence-electron chi connectivity index (χ2n) is 8.83. The Hall–Kier alpha value is -5.39. The predicted molar refractivity (Wildman–Crippen MR) is 136 cm³/mol. The van der Waals surface area contributed by atoms with Gasteiger partial charge in [-0.1, -0.05) is 18.2 Å². The van der Waals surface area contributed by atoms with Crippen molar-refractivity contribution in [2.75, 3.05) is 7.11 Å². The number of benzene rings is 3. The van der Waals surface area contributed by atoms with Crippen LogP contribution in [0.2, 0.25) is 0 Å². The molecule has 3 atom stereocenters. The fraction of sp³-hybridized carbons (Fsp3) is 0.179. The largest absolute Gasteiger partial charge is 0.504 e. The summed E-state index contributed by atoms with van der Waals surface area (Å²) in [5.74, 6) is -6.46. The van der Waals surface area contributed by atoms with E-state index in [1.165, 1.54) is 48.5 Å². The van der Waals surface area contributed by atoms with Gasteiger partial charge >= 0.3 is 17.9 Å². The first-order valence-electron chi connectivity index (χ1n) is 11.7. The number of fused-ring (bicyclic) bond motifs is 1. The fourth-order valence-electron chi connectivity index (χ4n) is 4.31. The molecule has 0 fully saturated rings. The SMILES string of the molecule is COC(=O)C1c2c(/C=C/C(=O)OC(Cc3ccc(O)c(O)c3)C(=O)O)ccc(O)c2OC1c1ccc(O)c(O)c1. The van der Waals surface area contributed by atoms with Gasteiger partial charge in [-0.25, -0.2) is 9.59 Å². The molecule has 4 rings (SSSR count). The summed E-state index contributed by atoms with van der Waals surface area (Å²) >= 11 is 0. The lowest BCUT2D eigenvalue weighted by atomic mass is 9.87. The lowest BCUT2D eigenvalue weighted by Crippen LogP contribution is -2.28. The third-order valence-electron chi connectivity index (χ3n) is 6.24. The molecule has 0 aromatic heterocycles. The highest BCUT2D eigenvalue weighted by Gasteiger charge is 2.44. The number of methoxy groups -OCH3 is 1. The summed E-state index contributed by atoms with van der Waals surface area (Å²) in [6, 6.07) is 10.2. The highest BCUT2D eigenvalue weighted by molar-refractivity contribution is 5.91. The number of carbonyl (C=O) groups excluding carboxylic acids is 2. The van der Waals surface area contributed by atoms with E-state index in [1.54, 1.807) is 0 Å². The Morgan fingerprint density at radius 1 is 0.900 bits per heavy atom. The van der Waals surface area contributed by atoms with E-state index in [-0.39, 0.29) is 34.8 Å². The molecule has 208 valence electrons. The molecule has 12 nitrogen and oxygen atoms in total. The van der Waals surface area contributed by atoms with Gasteiger partial charge in [-0.15, -0.1) is 0 Å². The minimum Gasteiger partial charge on any atom is -0.504 e. The first-order chi connectivity index (χ1) is 19.0. The van der Waals surface area contributed by atoms with Crippen LogP contribution in [0, 0.1) is 0 Å². The fourth-order valence-corrected chi connectivity index (χ4v) is 4.31. The minimum absolute atomic E-state index is 0.0703. The van der Waals surface area contributed by atoms with Gasteiger partial charge in [-0.3, -0.25) is 4.79 Å². The highest BCUT2D eigenvalue weighted by atomic mass is 16.6. The topological polar surface area (TPSA) is 200 Å². The van der Waals surface area contributed by atoms with Gasteiger partial charge in [0.25, 0.3) is 0 Å². The van der Waals surface area contributed by atoms with E-state index in [0.29, 0.717) is 11.1 Å². The Labute approximate surface area is 226 Å². The van der Waals surface area contributed by atoms with Crippen molar-refractivity contribution in [3.63, 3.8) is 0 Å². The molecule has 40 heavy (non-hydrogen) atoms. The molecular weight excluding hydrogens is 528 g/mol. The number of aliphatic carboxylic acids is 1. The van der Waals surface area contributed by atoms with Crippen molar-refractivity contribution in [3.8, 4) is 34.5 Å². The second-order valence-corrected chi connectivity index (χ2v) is 8.83. The molecule has 0 spiro atoms. The van der Waals surface area contributed by atoms with Crippen LogP contribution in [-0.2, 0) is 30.3 Å². The van der Waals surface area contributed by atoms with Gasteiger partial charge in [-0.2, -0.15) is 0 Å². The molecule has 3 aromatic rings. The van der Waals surface area contributed by atoms with Gasteiger partial charge in [0.05, 0.1) is 7.11 Å². The van der Waals surface area contributed by atoms with Crippen molar-refractivity contribution in [2.45, 2.75) is 24.5 Å². The molecule has 12 heteroatoms. The first kappa shape index (κ1) is 27.6. The molecule has 0 aliphatic carbocycles. The molecule has 3 unspecified atom stereocenters. The number of phenolic OH excluding ortho intramolecular Hbond substituents is 5. The zero-order chi connectivity index (χ0) is 29.1. The Morgan fingerprint density at radius 2 is 1.55 bits per heavy atom. The molecule has 1 aliphatic heterocycles. The molecule has 6 N–H and O–H groups in total. The number of phenols is 5. The van der Waals surface area contributed by atoms with E-state index in [0.717, 1.165) is 19.3 Å². The number of ether oxygens (including phenoxy) is 3. The van der Waals surface area contributed by atoms with Crippen molar-refractivity contribution >= 4 is 24.0 Å². The number of rotatable bonds is 8. The molecule has 0 radical (unpaired) electrons. The summed E-state index contributed by atoms with van der Waals surface area (Å²) in [5, 5.41) is 58.6. The van der Waals surface area contributed by atoms with Crippen LogP contribution in [0.15, 0.2) is 54.6 Å². The summed E-state index contributed by atoms with van der Waals surface area (Å²) in [5.41, 5.74) is 1.00. The maximum Gasteiger partial charge on any atom is 0.345 e. The van der Waals surface area contributed by atoms with Crippen molar-refractivity contribution in [1.82, 2.24) is 0 Å². The van der Waals surface area contributed by atoms with Crippen LogP contribution in [0.25, 0.3) is 6.08 Å². The molecule has 0 saturated carbocycles. The van der Waals surface area contributed by atoms with E-state index in [2.05, 4.69) is 0 Å².